The summed E-state index contributed by atoms with van der Waals surface area (Å²) >= 11 is 1.68. The maximum atomic E-state index is 11.9. The summed E-state index contributed by atoms with van der Waals surface area (Å²) in [6.45, 7) is 0. The molecule has 0 radical (unpaired) electrons. The van der Waals surface area contributed by atoms with E-state index in [-0.39, 0.29) is 17.6 Å². The van der Waals surface area contributed by atoms with E-state index in [4.69, 9.17) is 11.5 Å². The number of benzene rings is 2. The van der Waals surface area contributed by atoms with Gasteiger partial charge in [-0.05, 0) is 49.2 Å². The molecule has 8 heteroatoms. The van der Waals surface area contributed by atoms with Gasteiger partial charge in [0.25, 0.3) is 5.91 Å². The van der Waals surface area contributed by atoms with Crippen molar-refractivity contribution in [1.82, 2.24) is 9.97 Å². The van der Waals surface area contributed by atoms with Crippen molar-refractivity contribution < 1.29 is 4.79 Å². The Morgan fingerprint density at radius 3 is 2.42 bits per heavy atom. The van der Waals surface area contributed by atoms with Gasteiger partial charge in [0.1, 0.15) is 11.4 Å². The van der Waals surface area contributed by atoms with E-state index in [9.17, 15) is 4.79 Å². The Morgan fingerprint density at radius 1 is 1.00 bits per heavy atom. The van der Waals surface area contributed by atoms with Gasteiger partial charge in [0, 0.05) is 33.8 Å². The molecule has 31 heavy (non-hydrogen) atoms. The highest BCUT2D eigenvalue weighted by atomic mass is 32.2. The van der Waals surface area contributed by atoms with Crippen molar-refractivity contribution in [1.29, 1.82) is 0 Å². The molecule has 0 spiro atoms. The van der Waals surface area contributed by atoms with E-state index in [1.165, 1.54) is 11.1 Å². The van der Waals surface area contributed by atoms with Crippen LogP contribution in [0.2, 0.25) is 0 Å². The largest absolute Gasteiger partial charge is 0.365 e. The van der Waals surface area contributed by atoms with E-state index in [0.29, 0.717) is 11.8 Å². The fourth-order valence-corrected chi connectivity index (χ4v) is 4.44. The molecule has 1 amide bonds. The first-order valence-corrected chi connectivity index (χ1v) is 11.2. The lowest BCUT2D eigenvalue weighted by atomic mass is 9.91. The summed E-state index contributed by atoms with van der Waals surface area (Å²) < 4.78 is 0. The van der Waals surface area contributed by atoms with Crippen LogP contribution in [0.4, 0.5) is 17.5 Å². The highest BCUT2D eigenvalue weighted by Gasteiger charge is 2.23. The molecule has 4 rings (SSSR count). The van der Waals surface area contributed by atoms with Crippen molar-refractivity contribution in [2.45, 2.75) is 47.6 Å². The minimum absolute atomic E-state index is 0.0687. The van der Waals surface area contributed by atoms with Crippen LogP contribution in [-0.4, -0.2) is 28.0 Å². The number of hydrogen-bond donors (Lipinski definition) is 4. The van der Waals surface area contributed by atoms with Gasteiger partial charge in [-0.3, -0.25) is 4.79 Å². The van der Waals surface area contributed by atoms with Crippen molar-refractivity contribution >= 4 is 35.1 Å². The van der Waals surface area contributed by atoms with E-state index in [2.05, 4.69) is 32.7 Å². The number of rotatable bonds is 7. The number of nitrogens with two attached hydrogens (primary N) is 2. The highest BCUT2D eigenvalue weighted by molar-refractivity contribution is 7.99. The van der Waals surface area contributed by atoms with Crippen LogP contribution < -0.4 is 22.1 Å². The second-order valence-corrected chi connectivity index (χ2v) is 8.73. The minimum Gasteiger partial charge on any atom is -0.365 e. The van der Waals surface area contributed by atoms with Crippen molar-refractivity contribution in [2.75, 3.05) is 10.6 Å². The van der Waals surface area contributed by atoms with Gasteiger partial charge < -0.3 is 22.1 Å². The predicted molar refractivity (Wildman–Crippen MR) is 125 cm³/mol. The van der Waals surface area contributed by atoms with Crippen LogP contribution in [0.25, 0.3) is 0 Å². The van der Waals surface area contributed by atoms with Gasteiger partial charge in [-0.25, -0.2) is 4.98 Å². The molecule has 1 heterocycles. The summed E-state index contributed by atoms with van der Waals surface area (Å²) in [6.07, 6.45) is 5.68. The summed E-state index contributed by atoms with van der Waals surface area (Å²) in [7, 11) is 0. The van der Waals surface area contributed by atoms with Crippen LogP contribution in [0.1, 0.15) is 36.0 Å². The Kier molecular flexibility index (Phi) is 6.69. The zero-order valence-corrected chi connectivity index (χ0v) is 17.9. The van der Waals surface area contributed by atoms with Crippen molar-refractivity contribution in [3.63, 3.8) is 0 Å². The standard InChI is InChI=1S/C23H26N6OS/c24-19-8-4-5-9-20(19)28-23-26-14-18(21(25)30)22(29-23)27-15-10-12-17(13-11-15)31-16-6-2-1-3-7-16/h1-3,6-7,10-14,19-20H,4-5,8-9,24H2,(H2,25,30)(H2,26,27,28,29). The Balaban J connectivity index is 1.50. The third kappa shape index (κ3) is 5.53. The van der Waals surface area contributed by atoms with Crippen molar-refractivity contribution in [3.05, 3.63) is 66.4 Å². The number of nitrogens with zero attached hydrogens (tertiary/aromatic N) is 2. The summed E-state index contributed by atoms with van der Waals surface area (Å²) in [5, 5.41) is 6.52. The fourth-order valence-electron chi connectivity index (χ4n) is 3.60. The van der Waals surface area contributed by atoms with Gasteiger partial charge in [-0.2, -0.15) is 4.98 Å². The Labute approximate surface area is 186 Å². The number of anilines is 3. The van der Waals surface area contributed by atoms with E-state index in [0.717, 1.165) is 36.3 Å². The van der Waals surface area contributed by atoms with Gasteiger partial charge in [-0.1, -0.05) is 42.8 Å². The van der Waals surface area contributed by atoms with Crippen LogP contribution in [0.5, 0.6) is 0 Å². The maximum absolute atomic E-state index is 11.9. The van der Waals surface area contributed by atoms with E-state index in [1.807, 2.05) is 42.5 Å². The molecule has 1 saturated carbocycles. The monoisotopic (exact) mass is 434 g/mol. The normalized spacial score (nSPS) is 18.4. The van der Waals surface area contributed by atoms with Gasteiger partial charge in [0.2, 0.25) is 5.95 Å². The topological polar surface area (TPSA) is 119 Å². The van der Waals surface area contributed by atoms with Gasteiger partial charge in [0.15, 0.2) is 0 Å². The molecular weight excluding hydrogens is 408 g/mol. The second-order valence-electron chi connectivity index (χ2n) is 7.58. The average molecular weight is 435 g/mol. The number of hydrogen-bond acceptors (Lipinski definition) is 7. The molecule has 160 valence electrons. The molecule has 2 unspecified atom stereocenters. The van der Waals surface area contributed by atoms with Gasteiger partial charge in [-0.15, -0.1) is 0 Å². The number of carbonyl (C=O) groups is 1. The zero-order chi connectivity index (χ0) is 21.6. The number of carbonyl (C=O) groups excluding carboxylic acids is 1. The summed E-state index contributed by atoms with van der Waals surface area (Å²) in [6, 6.07) is 18.3. The second kappa shape index (κ2) is 9.80. The molecule has 2 atom stereocenters. The molecule has 1 aromatic heterocycles. The summed E-state index contributed by atoms with van der Waals surface area (Å²) in [5.74, 6) is 0.226. The van der Waals surface area contributed by atoms with E-state index >= 15 is 0 Å². The zero-order valence-electron chi connectivity index (χ0n) is 17.1. The lowest BCUT2D eigenvalue weighted by Gasteiger charge is -2.29. The quantitative estimate of drug-likeness (QED) is 0.441. The Morgan fingerprint density at radius 2 is 1.71 bits per heavy atom. The van der Waals surface area contributed by atoms with Crippen LogP contribution in [-0.2, 0) is 0 Å². The van der Waals surface area contributed by atoms with Crippen LogP contribution in [0.15, 0.2) is 70.6 Å². The SMILES string of the molecule is NC(=O)c1cnc(NC2CCCCC2N)nc1Nc1ccc(Sc2ccccc2)cc1. The number of nitrogens with one attached hydrogen (secondary N) is 2. The first kappa shape index (κ1) is 21.1. The molecule has 0 bridgehead atoms. The number of amides is 1. The van der Waals surface area contributed by atoms with Crippen molar-refractivity contribution in [2.24, 2.45) is 11.5 Å². The van der Waals surface area contributed by atoms with Crippen LogP contribution >= 0.6 is 11.8 Å². The third-order valence-electron chi connectivity index (χ3n) is 5.28. The molecule has 0 saturated heterocycles. The highest BCUT2D eigenvalue weighted by Crippen LogP contribution is 2.29. The number of aromatic nitrogens is 2. The third-order valence-corrected chi connectivity index (χ3v) is 6.30. The molecule has 1 aliphatic rings. The average Bonchev–Trinajstić information content (AvgIpc) is 2.77. The summed E-state index contributed by atoms with van der Waals surface area (Å²) in [4.78, 5) is 23.0. The molecular formula is C23H26N6OS. The van der Waals surface area contributed by atoms with Crippen LogP contribution in [0, 0.1) is 0 Å². The molecule has 7 nitrogen and oxygen atoms in total. The molecule has 2 aromatic carbocycles. The minimum atomic E-state index is -0.584. The summed E-state index contributed by atoms with van der Waals surface area (Å²) in [5.41, 5.74) is 12.8. The number of primary amides is 1. The van der Waals surface area contributed by atoms with Crippen molar-refractivity contribution in [3.8, 4) is 0 Å². The lowest BCUT2D eigenvalue weighted by molar-refractivity contribution is 0.100. The Bertz CT molecular complexity index is 1030. The molecule has 3 aromatic rings. The lowest BCUT2D eigenvalue weighted by Crippen LogP contribution is -2.43. The Hall–Kier alpha value is -3.10. The molecule has 6 N–H and O–H groups in total. The van der Waals surface area contributed by atoms with E-state index in [1.54, 1.807) is 11.8 Å². The predicted octanol–water partition coefficient (Wildman–Crippen LogP) is 4.15. The molecule has 0 aliphatic heterocycles. The smallest absolute Gasteiger partial charge is 0.254 e. The van der Waals surface area contributed by atoms with Crippen LogP contribution in [0.3, 0.4) is 0 Å². The maximum Gasteiger partial charge on any atom is 0.254 e. The molecule has 1 fully saturated rings. The van der Waals surface area contributed by atoms with E-state index < -0.39 is 5.91 Å². The first-order valence-electron chi connectivity index (χ1n) is 10.4. The van der Waals surface area contributed by atoms with Gasteiger partial charge in [0.05, 0.1) is 0 Å². The first-order chi connectivity index (χ1) is 15.1. The molecule has 1 aliphatic carbocycles. The van der Waals surface area contributed by atoms with Gasteiger partial charge >= 0.3 is 0 Å². The fraction of sp³-hybridized carbons (Fsp3) is 0.261.